The van der Waals surface area contributed by atoms with Crippen LogP contribution in [0.15, 0.2) is 34.9 Å². The summed E-state index contributed by atoms with van der Waals surface area (Å²) >= 11 is 0. The molecule has 1 aliphatic carbocycles. The van der Waals surface area contributed by atoms with Gasteiger partial charge in [0.05, 0.1) is 11.5 Å². The zero-order chi connectivity index (χ0) is 14.2. The Balaban J connectivity index is 1.84. The lowest BCUT2D eigenvalue weighted by Crippen LogP contribution is -2.27. The number of rotatable bonds is 5. The van der Waals surface area contributed by atoms with E-state index in [9.17, 15) is 0 Å². The van der Waals surface area contributed by atoms with E-state index >= 15 is 0 Å². The Morgan fingerprint density at radius 3 is 2.60 bits per heavy atom. The van der Waals surface area contributed by atoms with Gasteiger partial charge in [-0.3, -0.25) is 0 Å². The van der Waals surface area contributed by atoms with E-state index in [1.54, 1.807) is 0 Å². The standard InChI is InChI=1S/C15H20N4O/c1-19(2)10-12(16)13-17-14(20-18-13)15(8-9-15)11-6-4-3-5-7-11/h3-7,12H,8-10,16H2,1-2H3. The molecule has 3 rings (SSSR count). The average molecular weight is 272 g/mol. The first-order valence-corrected chi connectivity index (χ1v) is 6.92. The SMILES string of the molecule is CN(C)CC(N)c1noc(C2(c3ccccc3)CC2)n1. The van der Waals surface area contributed by atoms with Gasteiger partial charge in [-0.25, -0.2) is 0 Å². The van der Waals surface area contributed by atoms with Crippen molar-refractivity contribution < 1.29 is 4.52 Å². The van der Waals surface area contributed by atoms with Crippen molar-refractivity contribution in [1.29, 1.82) is 0 Å². The molecule has 1 unspecified atom stereocenters. The Morgan fingerprint density at radius 1 is 1.30 bits per heavy atom. The van der Waals surface area contributed by atoms with E-state index in [-0.39, 0.29) is 11.5 Å². The maximum absolute atomic E-state index is 6.08. The maximum atomic E-state index is 6.08. The van der Waals surface area contributed by atoms with Crippen molar-refractivity contribution in [3.05, 3.63) is 47.6 Å². The van der Waals surface area contributed by atoms with Gasteiger partial charge in [-0.1, -0.05) is 35.5 Å². The van der Waals surface area contributed by atoms with E-state index in [1.807, 2.05) is 37.2 Å². The summed E-state index contributed by atoms with van der Waals surface area (Å²) in [5.74, 6) is 1.30. The second kappa shape index (κ2) is 5.00. The molecule has 1 aliphatic rings. The van der Waals surface area contributed by atoms with Gasteiger partial charge < -0.3 is 15.2 Å². The zero-order valence-electron chi connectivity index (χ0n) is 11.9. The van der Waals surface area contributed by atoms with Crippen molar-refractivity contribution in [3.8, 4) is 0 Å². The zero-order valence-corrected chi connectivity index (χ0v) is 11.9. The third kappa shape index (κ3) is 2.34. The fourth-order valence-corrected chi connectivity index (χ4v) is 2.56. The summed E-state index contributed by atoms with van der Waals surface area (Å²) in [7, 11) is 3.96. The molecule has 2 N–H and O–H groups in total. The lowest BCUT2D eigenvalue weighted by molar-refractivity contribution is 0.338. The maximum Gasteiger partial charge on any atom is 0.237 e. The molecule has 5 nitrogen and oxygen atoms in total. The van der Waals surface area contributed by atoms with Crippen molar-refractivity contribution in [3.63, 3.8) is 0 Å². The summed E-state index contributed by atoms with van der Waals surface area (Å²) in [5.41, 5.74) is 7.25. The molecule has 20 heavy (non-hydrogen) atoms. The fraction of sp³-hybridized carbons (Fsp3) is 0.467. The monoisotopic (exact) mass is 272 g/mol. The number of nitrogens with zero attached hydrogens (tertiary/aromatic N) is 3. The van der Waals surface area contributed by atoms with Gasteiger partial charge in [-0.2, -0.15) is 4.98 Å². The Hall–Kier alpha value is -1.72. The van der Waals surface area contributed by atoms with Gasteiger partial charge in [0.2, 0.25) is 5.89 Å². The molecule has 0 amide bonds. The van der Waals surface area contributed by atoms with Crippen LogP contribution in [0.5, 0.6) is 0 Å². The minimum Gasteiger partial charge on any atom is -0.338 e. The quantitative estimate of drug-likeness (QED) is 0.897. The molecule has 0 bridgehead atoms. The van der Waals surface area contributed by atoms with Crippen molar-refractivity contribution >= 4 is 0 Å². The highest BCUT2D eigenvalue weighted by Crippen LogP contribution is 2.52. The predicted molar refractivity (Wildman–Crippen MR) is 76.2 cm³/mol. The molecule has 0 saturated heterocycles. The van der Waals surface area contributed by atoms with Crippen LogP contribution in [-0.4, -0.2) is 35.7 Å². The summed E-state index contributed by atoms with van der Waals surface area (Å²) < 4.78 is 5.49. The van der Waals surface area contributed by atoms with Gasteiger partial charge >= 0.3 is 0 Å². The van der Waals surface area contributed by atoms with Crippen LogP contribution in [-0.2, 0) is 5.41 Å². The van der Waals surface area contributed by atoms with Gasteiger partial charge in [0.15, 0.2) is 5.82 Å². The summed E-state index contributed by atoms with van der Waals surface area (Å²) in [6.07, 6.45) is 2.11. The highest BCUT2D eigenvalue weighted by atomic mass is 16.5. The molecule has 1 aromatic carbocycles. The van der Waals surface area contributed by atoms with Gasteiger partial charge in [0, 0.05) is 6.54 Å². The van der Waals surface area contributed by atoms with Gasteiger partial charge in [-0.05, 0) is 32.5 Å². The summed E-state index contributed by atoms with van der Waals surface area (Å²) in [6, 6.07) is 10.1. The number of hydrogen-bond acceptors (Lipinski definition) is 5. The normalized spacial score (nSPS) is 18.2. The first-order valence-electron chi connectivity index (χ1n) is 6.92. The molecule has 1 heterocycles. The summed E-state index contributed by atoms with van der Waals surface area (Å²) in [4.78, 5) is 6.56. The third-order valence-corrected chi connectivity index (χ3v) is 3.82. The van der Waals surface area contributed by atoms with E-state index < -0.39 is 0 Å². The topological polar surface area (TPSA) is 68.2 Å². The molecule has 0 aliphatic heterocycles. The Kier molecular flexibility index (Phi) is 3.31. The molecule has 106 valence electrons. The first-order chi connectivity index (χ1) is 9.62. The molecular weight excluding hydrogens is 252 g/mol. The second-order valence-electron chi connectivity index (χ2n) is 5.77. The highest BCUT2D eigenvalue weighted by Gasteiger charge is 2.50. The van der Waals surface area contributed by atoms with Crippen molar-refractivity contribution in [2.24, 2.45) is 5.73 Å². The minimum atomic E-state index is -0.214. The van der Waals surface area contributed by atoms with Gasteiger partial charge in [0.1, 0.15) is 0 Å². The van der Waals surface area contributed by atoms with Gasteiger partial charge in [-0.15, -0.1) is 0 Å². The van der Waals surface area contributed by atoms with Crippen molar-refractivity contribution in [2.45, 2.75) is 24.3 Å². The molecule has 0 radical (unpaired) electrons. The van der Waals surface area contributed by atoms with Crippen LogP contribution in [0.25, 0.3) is 0 Å². The lowest BCUT2D eigenvalue weighted by atomic mass is 9.96. The van der Waals surface area contributed by atoms with Crippen LogP contribution in [0.4, 0.5) is 0 Å². The summed E-state index contributed by atoms with van der Waals surface area (Å²) in [6.45, 7) is 0.706. The van der Waals surface area contributed by atoms with E-state index in [4.69, 9.17) is 10.3 Å². The molecule has 2 aromatic rings. The smallest absolute Gasteiger partial charge is 0.237 e. The second-order valence-corrected chi connectivity index (χ2v) is 5.77. The first kappa shape index (κ1) is 13.3. The Labute approximate surface area is 118 Å². The van der Waals surface area contributed by atoms with E-state index in [1.165, 1.54) is 5.56 Å². The fourth-order valence-electron chi connectivity index (χ4n) is 2.56. The lowest BCUT2D eigenvalue weighted by Gasteiger charge is -2.13. The van der Waals surface area contributed by atoms with Crippen LogP contribution in [0.2, 0.25) is 0 Å². The van der Waals surface area contributed by atoms with Crippen LogP contribution >= 0.6 is 0 Å². The molecule has 1 saturated carbocycles. The minimum absolute atomic E-state index is 0.0790. The van der Waals surface area contributed by atoms with Crippen LogP contribution < -0.4 is 5.73 Å². The molecule has 1 aromatic heterocycles. The third-order valence-electron chi connectivity index (χ3n) is 3.82. The van der Waals surface area contributed by atoms with E-state index in [0.717, 1.165) is 12.8 Å². The average Bonchev–Trinajstić information content (AvgIpc) is 3.09. The largest absolute Gasteiger partial charge is 0.338 e. The highest BCUT2D eigenvalue weighted by molar-refractivity contribution is 5.38. The number of likely N-dealkylation sites (N-methyl/N-ethyl adjacent to an activating group) is 1. The summed E-state index contributed by atoms with van der Waals surface area (Å²) in [5, 5.41) is 4.06. The van der Waals surface area contributed by atoms with Crippen LogP contribution in [0, 0.1) is 0 Å². The van der Waals surface area contributed by atoms with Crippen molar-refractivity contribution in [2.75, 3.05) is 20.6 Å². The van der Waals surface area contributed by atoms with E-state index in [0.29, 0.717) is 18.3 Å². The molecule has 1 atom stereocenters. The van der Waals surface area contributed by atoms with Crippen LogP contribution in [0.1, 0.15) is 36.2 Å². The predicted octanol–water partition coefficient (Wildman–Crippen LogP) is 1.71. The molecule has 5 heteroatoms. The number of aromatic nitrogens is 2. The number of nitrogens with two attached hydrogens (primary N) is 1. The molecule has 0 spiro atoms. The number of hydrogen-bond donors (Lipinski definition) is 1. The van der Waals surface area contributed by atoms with Crippen molar-refractivity contribution in [1.82, 2.24) is 15.0 Å². The van der Waals surface area contributed by atoms with Crippen LogP contribution in [0.3, 0.4) is 0 Å². The van der Waals surface area contributed by atoms with Gasteiger partial charge in [0.25, 0.3) is 0 Å². The number of benzene rings is 1. The Morgan fingerprint density at radius 2 is 2.00 bits per heavy atom. The molecular formula is C15H20N4O. The molecule has 1 fully saturated rings. The van der Waals surface area contributed by atoms with E-state index in [2.05, 4.69) is 22.3 Å². The Bertz CT molecular complexity index is 575.